The van der Waals surface area contributed by atoms with E-state index in [1.807, 2.05) is 0 Å². The summed E-state index contributed by atoms with van der Waals surface area (Å²) in [6.45, 7) is 1.64. The lowest BCUT2D eigenvalue weighted by atomic mass is 9.73. The third-order valence-electron chi connectivity index (χ3n) is 4.06. The van der Waals surface area contributed by atoms with E-state index in [9.17, 15) is 41.0 Å². The van der Waals surface area contributed by atoms with Crippen molar-refractivity contribution in [3.63, 3.8) is 0 Å². The molecule has 2 aromatic rings. The van der Waals surface area contributed by atoms with Crippen LogP contribution >= 0.6 is 0 Å². The molecule has 27 heavy (non-hydrogen) atoms. The molecule has 0 fully saturated rings. The molecule has 0 amide bonds. The fourth-order valence-electron chi connectivity index (χ4n) is 2.88. The van der Waals surface area contributed by atoms with Crippen molar-refractivity contribution in [2.24, 2.45) is 0 Å². The standard InChI is InChI=1S/C17H10F6O4/c1-17(2,8-5(15(24)25)3-4-6(18)10(8)19)9-7(16(26)27)11(20)13(22)14(23)12(9)21/h3-4H,1-2H3,(H,24,25)(H,26,27). The molecule has 2 rings (SSSR count). The lowest BCUT2D eigenvalue weighted by molar-refractivity contribution is 0.0681. The lowest BCUT2D eigenvalue weighted by Crippen LogP contribution is -2.30. The number of hydrogen-bond donors (Lipinski definition) is 2. The molecule has 4 nitrogen and oxygen atoms in total. The summed E-state index contributed by atoms with van der Waals surface area (Å²) >= 11 is 0. The second kappa shape index (κ2) is 6.60. The van der Waals surface area contributed by atoms with Crippen molar-refractivity contribution in [2.75, 3.05) is 0 Å². The zero-order valence-electron chi connectivity index (χ0n) is 13.6. The molecular weight excluding hydrogens is 382 g/mol. The van der Waals surface area contributed by atoms with Crippen LogP contribution in [0.2, 0.25) is 0 Å². The van der Waals surface area contributed by atoms with Gasteiger partial charge in [0.1, 0.15) is 5.56 Å². The number of hydrogen-bond acceptors (Lipinski definition) is 2. The van der Waals surface area contributed by atoms with Crippen molar-refractivity contribution in [1.29, 1.82) is 0 Å². The predicted molar refractivity (Wildman–Crippen MR) is 78.7 cm³/mol. The van der Waals surface area contributed by atoms with Gasteiger partial charge in [-0.05, 0) is 12.1 Å². The average molecular weight is 392 g/mol. The number of rotatable bonds is 4. The van der Waals surface area contributed by atoms with Crippen molar-refractivity contribution >= 4 is 11.9 Å². The van der Waals surface area contributed by atoms with Crippen molar-refractivity contribution in [3.05, 3.63) is 69.3 Å². The summed E-state index contributed by atoms with van der Waals surface area (Å²) in [7, 11) is 0. The Bertz CT molecular complexity index is 984. The molecule has 0 aliphatic heterocycles. The number of carboxylic acids is 2. The normalized spacial score (nSPS) is 11.6. The molecule has 0 atom stereocenters. The smallest absolute Gasteiger partial charge is 0.339 e. The first kappa shape index (κ1) is 20.3. The van der Waals surface area contributed by atoms with Crippen LogP contribution in [-0.2, 0) is 5.41 Å². The van der Waals surface area contributed by atoms with Gasteiger partial charge in [-0.2, -0.15) is 0 Å². The van der Waals surface area contributed by atoms with Gasteiger partial charge in [0.05, 0.1) is 5.56 Å². The lowest BCUT2D eigenvalue weighted by Gasteiger charge is -2.30. The Kier molecular flexibility index (Phi) is 4.96. The molecule has 0 saturated heterocycles. The summed E-state index contributed by atoms with van der Waals surface area (Å²) in [6.07, 6.45) is 0. The molecule has 0 aliphatic rings. The van der Waals surface area contributed by atoms with Crippen LogP contribution < -0.4 is 0 Å². The molecule has 0 saturated carbocycles. The Morgan fingerprint density at radius 3 is 1.74 bits per heavy atom. The van der Waals surface area contributed by atoms with E-state index < -0.39 is 74.5 Å². The van der Waals surface area contributed by atoms with Gasteiger partial charge in [0.15, 0.2) is 34.9 Å². The fraction of sp³-hybridized carbons (Fsp3) is 0.176. The number of carbonyl (C=O) groups is 2. The van der Waals surface area contributed by atoms with Gasteiger partial charge in [0.2, 0.25) is 0 Å². The zero-order chi connectivity index (χ0) is 20.8. The third-order valence-corrected chi connectivity index (χ3v) is 4.06. The Morgan fingerprint density at radius 1 is 0.741 bits per heavy atom. The predicted octanol–water partition coefficient (Wildman–Crippen LogP) is 4.24. The van der Waals surface area contributed by atoms with Crippen LogP contribution in [0.4, 0.5) is 26.3 Å². The highest BCUT2D eigenvalue weighted by Gasteiger charge is 2.41. The summed E-state index contributed by atoms with van der Waals surface area (Å²) in [6, 6.07) is 1.07. The second-order valence-corrected chi connectivity index (χ2v) is 6.03. The van der Waals surface area contributed by atoms with E-state index in [-0.39, 0.29) is 0 Å². The van der Waals surface area contributed by atoms with Gasteiger partial charge < -0.3 is 10.2 Å². The quantitative estimate of drug-likeness (QED) is 0.464. The van der Waals surface area contributed by atoms with E-state index in [4.69, 9.17) is 5.11 Å². The van der Waals surface area contributed by atoms with Crippen LogP contribution in [0, 0.1) is 34.9 Å². The van der Waals surface area contributed by atoms with E-state index in [1.165, 1.54) is 0 Å². The van der Waals surface area contributed by atoms with E-state index in [2.05, 4.69) is 0 Å². The molecule has 2 aromatic carbocycles. The van der Waals surface area contributed by atoms with Gasteiger partial charge in [0.25, 0.3) is 0 Å². The first-order valence-corrected chi connectivity index (χ1v) is 7.15. The summed E-state index contributed by atoms with van der Waals surface area (Å²) in [4.78, 5) is 22.7. The van der Waals surface area contributed by atoms with Gasteiger partial charge in [-0.3, -0.25) is 0 Å². The number of carboxylic acid groups (broad SMARTS) is 2. The fourth-order valence-corrected chi connectivity index (χ4v) is 2.88. The molecule has 2 N–H and O–H groups in total. The largest absolute Gasteiger partial charge is 0.478 e. The monoisotopic (exact) mass is 392 g/mol. The van der Waals surface area contributed by atoms with Crippen LogP contribution in [0.5, 0.6) is 0 Å². The van der Waals surface area contributed by atoms with Crippen LogP contribution in [0.15, 0.2) is 12.1 Å². The van der Waals surface area contributed by atoms with Gasteiger partial charge in [-0.25, -0.2) is 35.9 Å². The van der Waals surface area contributed by atoms with E-state index in [1.54, 1.807) is 0 Å². The van der Waals surface area contributed by atoms with E-state index >= 15 is 0 Å². The SMILES string of the molecule is CC(C)(c1c(C(=O)O)ccc(F)c1F)c1c(F)c(F)c(F)c(F)c1C(=O)O. The van der Waals surface area contributed by atoms with Crippen molar-refractivity contribution in [1.82, 2.24) is 0 Å². The highest BCUT2D eigenvalue weighted by molar-refractivity contribution is 5.93. The minimum Gasteiger partial charge on any atom is -0.478 e. The average Bonchev–Trinajstić information content (AvgIpc) is 2.57. The first-order valence-electron chi connectivity index (χ1n) is 7.15. The number of aromatic carboxylic acids is 2. The van der Waals surface area contributed by atoms with Gasteiger partial charge in [-0.1, -0.05) is 13.8 Å². The summed E-state index contributed by atoms with van der Waals surface area (Å²) in [5.41, 5.74) is -7.44. The summed E-state index contributed by atoms with van der Waals surface area (Å²) in [5, 5.41) is 18.3. The Labute approximate surface area is 147 Å². The molecule has 0 heterocycles. The van der Waals surface area contributed by atoms with Crippen LogP contribution in [-0.4, -0.2) is 22.2 Å². The van der Waals surface area contributed by atoms with Crippen molar-refractivity contribution < 1.29 is 46.1 Å². The third kappa shape index (κ3) is 3.00. The molecule has 10 heteroatoms. The molecule has 144 valence electrons. The maximum absolute atomic E-state index is 14.4. The molecule has 0 aromatic heterocycles. The second-order valence-electron chi connectivity index (χ2n) is 6.03. The topological polar surface area (TPSA) is 74.6 Å². The van der Waals surface area contributed by atoms with Crippen LogP contribution in [0.25, 0.3) is 0 Å². The number of halogens is 6. The molecule has 0 unspecified atom stereocenters. The molecule has 0 radical (unpaired) electrons. The molecule has 0 spiro atoms. The Morgan fingerprint density at radius 2 is 1.26 bits per heavy atom. The first-order chi connectivity index (χ1) is 12.3. The molecule has 0 aliphatic carbocycles. The maximum Gasteiger partial charge on any atom is 0.339 e. The maximum atomic E-state index is 14.4. The highest BCUT2D eigenvalue weighted by Crippen LogP contribution is 2.41. The van der Waals surface area contributed by atoms with Gasteiger partial charge in [-0.15, -0.1) is 0 Å². The molecular formula is C17H10F6O4. The van der Waals surface area contributed by atoms with Crippen molar-refractivity contribution in [2.45, 2.75) is 19.3 Å². The van der Waals surface area contributed by atoms with Gasteiger partial charge in [0, 0.05) is 16.5 Å². The van der Waals surface area contributed by atoms with Crippen LogP contribution in [0.3, 0.4) is 0 Å². The summed E-state index contributed by atoms with van der Waals surface area (Å²) < 4.78 is 83.6. The minimum atomic E-state index is -2.42. The minimum absolute atomic E-state index is 0.457. The van der Waals surface area contributed by atoms with E-state index in [0.717, 1.165) is 13.8 Å². The summed E-state index contributed by atoms with van der Waals surface area (Å²) in [5.74, 6) is -16.6. The number of benzene rings is 2. The Balaban J connectivity index is 3.06. The van der Waals surface area contributed by atoms with E-state index in [0.29, 0.717) is 12.1 Å². The molecule has 0 bridgehead atoms. The van der Waals surface area contributed by atoms with Gasteiger partial charge >= 0.3 is 11.9 Å². The highest BCUT2D eigenvalue weighted by atomic mass is 19.2. The Hall–Kier alpha value is -3.04. The van der Waals surface area contributed by atoms with Crippen molar-refractivity contribution in [3.8, 4) is 0 Å². The van der Waals surface area contributed by atoms with Crippen LogP contribution in [0.1, 0.15) is 45.7 Å². The zero-order valence-corrected chi connectivity index (χ0v) is 13.6.